The summed E-state index contributed by atoms with van der Waals surface area (Å²) in [5, 5.41) is 0. The summed E-state index contributed by atoms with van der Waals surface area (Å²) in [6, 6.07) is 0.330. The maximum absolute atomic E-state index is 12.2. The third-order valence-corrected chi connectivity index (χ3v) is 3.88. The monoisotopic (exact) mass is 285 g/mol. The van der Waals surface area contributed by atoms with Gasteiger partial charge in [-0.1, -0.05) is 0 Å². The molecule has 2 atom stereocenters. The molecule has 2 saturated heterocycles. The number of amides is 1. The van der Waals surface area contributed by atoms with Gasteiger partial charge in [-0.05, 0) is 27.3 Å². The number of nitrogens with zero attached hydrogens (tertiary/aromatic N) is 2. The molecule has 2 fully saturated rings. The minimum absolute atomic E-state index is 0.230. The van der Waals surface area contributed by atoms with E-state index in [1.165, 1.54) is 0 Å². The first-order valence-corrected chi connectivity index (χ1v) is 7.40. The van der Waals surface area contributed by atoms with Gasteiger partial charge in [0, 0.05) is 38.1 Å². The lowest BCUT2D eigenvalue weighted by molar-refractivity contribution is 0.00846. The van der Waals surface area contributed by atoms with E-state index >= 15 is 0 Å². The molecule has 6 nitrogen and oxygen atoms in total. The minimum atomic E-state index is -0.452. The van der Waals surface area contributed by atoms with Crippen LogP contribution in [0.4, 0.5) is 4.79 Å². The molecule has 116 valence electrons. The molecule has 6 heteroatoms. The number of rotatable bonds is 2. The van der Waals surface area contributed by atoms with Gasteiger partial charge in [0.25, 0.3) is 0 Å². The fourth-order valence-electron chi connectivity index (χ4n) is 2.88. The summed E-state index contributed by atoms with van der Waals surface area (Å²) in [6.45, 7) is 11.0. The topological polar surface area (TPSA) is 68.0 Å². The van der Waals surface area contributed by atoms with Crippen LogP contribution in [0.1, 0.15) is 20.8 Å². The first kappa shape index (κ1) is 15.5. The molecule has 0 spiro atoms. The first-order valence-electron chi connectivity index (χ1n) is 7.40. The molecule has 2 aliphatic rings. The highest BCUT2D eigenvalue weighted by Crippen LogP contribution is 2.24. The van der Waals surface area contributed by atoms with Gasteiger partial charge in [-0.15, -0.1) is 0 Å². The molecule has 0 aromatic heterocycles. The number of nitrogens with two attached hydrogens (primary N) is 1. The second kappa shape index (κ2) is 6.28. The molecular formula is C14H27N3O3. The van der Waals surface area contributed by atoms with E-state index in [-0.39, 0.29) is 6.09 Å². The Balaban J connectivity index is 1.96. The number of morpholine rings is 1. The van der Waals surface area contributed by atoms with E-state index in [1.807, 2.05) is 20.8 Å². The molecule has 20 heavy (non-hydrogen) atoms. The van der Waals surface area contributed by atoms with Crippen LogP contribution in [0.2, 0.25) is 0 Å². The van der Waals surface area contributed by atoms with Crippen molar-refractivity contribution in [2.45, 2.75) is 32.4 Å². The normalized spacial score (nSPS) is 28.7. The molecule has 0 radical (unpaired) electrons. The number of hydrogen-bond donors (Lipinski definition) is 1. The lowest BCUT2D eigenvalue weighted by Gasteiger charge is -2.34. The smallest absolute Gasteiger partial charge is 0.410 e. The lowest BCUT2D eigenvalue weighted by Crippen LogP contribution is -2.48. The summed E-state index contributed by atoms with van der Waals surface area (Å²) in [5.74, 6) is 0.320. The predicted octanol–water partition coefficient (Wildman–Crippen LogP) is 0.513. The van der Waals surface area contributed by atoms with Crippen LogP contribution < -0.4 is 5.73 Å². The Labute approximate surface area is 121 Å². The maximum Gasteiger partial charge on any atom is 0.410 e. The van der Waals surface area contributed by atoms with Crippen LogP contribution in [-0.2, 0) is 9.47 Å². The Bertz CT molecular complexity index is 337. The Morgan fingerprint density at radius 3 is 2.50 bits per heavy atom. The number of likely N-dealkylation sites (tertiary alicyclic amines) is 1. The molecule has 2 rings (SSSR count). The van der Waals surface area contributed by atoms with Crippen molar-refractivity contribution in [1.29, 1.82) is 0 Å². The van der Waals surface area contributed by atoms with Crippen molar-refractivity contribution in [2.75, 3.05) is 45.9 Å². The summed E-state index contributed by atoms with van der Waals surface area (Å²) >= 11 is 0. The second-order valence-electron chi connectivity index (χ2n) is 6.60. The van der Waals surface area contributed by atoms with E-state index in [0.717, 1.165) is 26.3 Å². The van der Waals surface area contributed by atoms with Crippen molar-refractivity contribution in [1.82, 2.24) is 9.80 Å². The van der Waals surface area contributed by atoms with Gasteiger partial charge >= 0.3 is 6.09 Å². The van der Waals surface area contributed by atoms with Crippen molar-refractivity contribution in [2.24, 2.45) is 11.7 Å². The van der Waals surface area contributed by atoms with Crippen LogP contribution in [0.3, 0.4) is 0 Å². The van der Waals surface area contributed by atoms with Crippen LogP contribution in [0.25, 0.3) is 0 Å². The van der Waals surface area contributed by atoms with E-state index in [2.05, 4.69) is 4.90 Å². The molecule has 0 aromatic rings. The third kappa shape index (κ3) is 3.84. The van der Waals surface area contributed by atoms with Crippen molar-refractivity contribution < 1.29 is 14.3 Å². The lowest BCUT2D eigenvalue weighted by atomic mass is 10.0. The molecule has 1 amide bonds. The fourth-order valence-corrected chi connectivity index (χ4v) is 2.88. The standard InChI is InChI=1S/C14H27N3O3/c1-14(2,3)20-13(18)17-9-11(8-15)12(10-17)16-4-6-19-7-5-16/h11-12H,4-10,15H2,1-3H3. The van der Waals surface area contributed by atoms with E-state index in [1.54, 1.807) is 4.90 Å². The van der Waals surface area contributed by atoms with Crippen LogP contribution in [0, 0.1) is 5.92 Å². The Hall–Kier alpha value is -0.850. The highest BCUT2D eigenvalue weighted by molar-refractivity contribution is 5.68. The predicted molar refractivity (Wildman–Crippen MR) is 76.5 cm³/mol. The van der Waals surface area contributed by atoms with Gasteiger partial charge in [0.1, 0.15) is 5.60 Å². The number of ether oxygens (including phenoxy) is 2. The van der Waals surface area contributed by atoms with Crippen LogP contribution >= 0.6 is 0 Å². The zero-order valence-corrected chi connectivity index (χ0v) is 12.8. The van der Waals surface area contributed by atoms with Gasteiger partial charge in [0.05, 0.1) is 13.2 Å². The van der Waals surface area contributed by atoms with E-state index in [0.29, 0.717) is 31.6 Å². The van der Waals surface area contributed by atoms with Gasteiger partial charge < -0.3 is 20.1 Å². The van der Waals surface area contributed by atoms with Crippen molar-refractivity contribution in [3.63, 3.8) is 0 Å². The average Bonchev–Trinajstić information content (AvgIpc) is 2.82. The largest absolute Gasteiger partial charge is 0.444 e. The molecule has 2 unspecified atom stereocenters. The molecule has 0 saturated carbocycles. The van der Waals surface area contributed by atoms with Gasteiger partial charge in [0.15, 0.2) is 0 Å². The highest BCUT2D eigenvalue weighted by Gasteiger charge is 2.39. The summed E-state index contributed by atoms with van der Waals surface area (Å²) < 4.78 is 10.8. The molecular weight excluding hydrogens is 258 g/mol. The van der Waals surface area contributed by atoms with Crippen molar-refractivity contribution in [3.05, 3.63) is 0 Å². The zero-order chi connectivity index (χ0) is 14.8. The number of carbonyl (C=O) groups is 1. The van der Waals surface area contributed by atoms with Crippen LogP contribution in [0.15, 0.2) is 0 Å². The minimum Gasteiger partial charge on any atom is -0.444 e. The van der Waals surface area contributed by atoms with E-state index in [4.69, 9.17) is 15.2 Å². The molecule has 0 aromatic carbocycles. The summed E-state index contributed by atoms with van der Waals surface area (Å²) in [5.41, 5.74) is 5.43. The van der Waals surface area contributed by atoms with Gasteiger partial charge in [-0.25, -0.2) is 4.79 Å². The first-order chi connectivity index (χ1) is 9.40. The van der Waals surface area contributed by atoms with Crippen molar-refractivity contribution in [3.8, 4) is 0 Å². The highest BCUT2D eigenvalue weighted by atomic mass is 16.6. The maximum atomic E-state index is 12.2. The Morgan fingerprint density at radius 1 is 1.30 bits per heavy atom. The summed E-state index contributed by atoms with van der Waals surface area (Å²) in [4.78, 5) is 16.4. The molecule has 2 aliphatic heterocycles. The summed E-state index contributed by atoms with van der Waals surface area (Å²) in [6.07, 6.45) is -0.230. The second-order valence-corrected chi connectivity index (χ2v) is 6.60. The third-order valence-electron chi connectivity index (χ3n) is 3.88. The Kier molecular flexibility index (Phi) is 4.88. The zero-order valence-electron chi connectivity index (χ0n) is 12.8. The number of carbonyl (C=O) groups excluding carboxylic acids is 1. The molecule has 0 aliphatic carbocycles. The van der Waals surface area contributed by atoms with Crippen molar-refractivity contribution >= 4 is 6.09 Å². The fraction of sp³-hybridized carbons (Fsp3) is 0.929. The van der Waals surface area contributed by atoms with Gasteiger partial charge in [0.2, 0.25) is 0 Å². The van der Waals surface area contributed by atoms with E-state index < -0.39 is 5.60 Å². The SMILES string of the molecule is CC(C)(C)OC(=O)N1CC(CN)C(N2CCOCC2)C1. The molecule has 2 heterocycles. The van der Waals surface area contributed by atoms with Crippen LogP contribution in [-0.4, -0.2) is 73.5 Å². The quantitative estimate of drug-likeness (QED) is 0.801. The van der Waals surface area contributed by atoms with E-state index in [9.17, 15) is 4.79 Å². The number of hydrogen-bond acceptors (Lipinski definition) is 5. The van der Waals surface area contributed by atoms with Gasteiger partial charge in [-0.3, -0.25) is 4.90 Å². The molecule has 0 bridgehead atoms. The Morgan fingerprint density at radius 2 is 1.95 bits per heavy atom. The average molecular weight is 285 g/mol. The van der Waals surface area contributed by atoms with Gasteiger partial charge in [-0.2, -0.15) is 0 Å². The molecule has 2 N–H and O–H groups in total. The summed E-state index contributed by atoms with van der Waals surface area (Å²) in [7, 11) is 0. The van der Waals surface area contributed by atoms with Crippen LogP contribution in [0.5, 0.6) is 0 Å².